The Morgan fingerprint density at radius 3 is 1.90 bits per heavy atom. The Hall–Kier alpha value is -2.57. The summed E-state index contributed by atoms with van der Waals surface area (Å²) in [7, 11) is 0. The van der Waals surface area contributed by atoms with Gasteiger partial charge in [-0.1, -0.05) is 51.2 Å². The van der Waals surface area contributed by atoms with Gasteiger partial charge < -0.3 is 19.5 Å². The quantitative estimate of drug-likeness (QED) is 0.331. The maximum Gasteiger partial charge on any atom is 0.302 e. The summed E-state index contributed by atoms with van der Waals surface area (Å²) in [5, 5.41) is 2.81. The first-order chi connectivity index (χ1) is 14.8. The Labute approximate surface area is 185 Å². The van der Waals surface area contributed by atoms with Crippen molar-refractivity contribution >= 4 is 17.8 Å². The molecule has 1 amide bonds. The van der Waals surface area contributed by atoms with Gasteiger partial charge >= 0.3 is 11.9 Å². The third-order valence-corrected chi connectivity index (χ3v) is 4.78. The van der Waals surface area contributed by atoms with E-state index < -0.39 is 17.5 Å². The van der Waals surface area contributed by atoms with Crippen LogP contribution in [0.4, 0.5) is 0 Å². The predicted molar refractivity (Wildman–Crippen MR) is 119 cm³/mol. The standard InChI is InChI=1S/C24H37NO6/c1-5-6-7-8-9-10-15-29-23-13-11-22(12-14-23)16-24(25-19(2)26,17-30-20(3)27)18-31-21(4)28/h11-14H,5-10,15-18H2,1-4H3,(H,25,26). The Morgan fingerprint density at radius 2 is 1.39 bits per heavy atom. The molecule has 7 heteroatoms. The molecule has 0 aliphatic heterocycles. The van der Waals surface area contributed by atoms with Crippen molar-refractivity contribution in [3.8, 4) is 5.75 Å². The molecule has 0 aliphatic rings. The van der Waals surface area contributed by atoms with Gasteiger partial charge in [-0.2, -0.15) is 0 Å². The molecule has 0 saturated carbocycles. The number of benzene rings is 1. The Morgan fingerprint density at radius 1 is 0.839 bits per heavy atom. The molecule has 1 aromatic rings. The summed E-state index contributed by atoms with van der Waals surface area (Å²) < 4.78 is 16.1. The second kappa shape index (κ2) is 14.4. The number of rotatable bonds is 15. The van der Waals surface area contributed by atoms with E-state index >= 15 is 0 Å². The Kier molecular flexibility index (Phi) is 12.3. The molecule has 0 fully saturated rings. The summed E-state index contributed by atoms with van der Waals surface area (Å²) in [4.78, 5) is 34.5. The molecule has 174 valence electrons. The molecule has 31 heavy (non-hydrogen) atoms. The van der Waals surface area contributed by atoms with Gasteiger partial charge in [-0.25, -0.2) is 0 Å². The number of hydrogen-bond acceptors (Lipinski definition) is 6. The molecular weight excluding hydrogens is 398 g/mol. The van der Waals surface area contributed by atoms with Crippen LogP contribution in [-0.2, 0) is 30.3 Å². The number of unbranched alkanes of at least 4 members (excludes halogenated alkanes) is 5. The van der Waals surface area contributed by atoms with Crippen molar-refractivity contribution in [1.29, 1.82) is 0 Å². The number of hydrogen-bond donors (Lipinski definition) is 1. The lowest BCUT2D eigenvalue weighted by Crippen LogP contribution is -2.56. The highest BCUT2D eigenvalue weighted by Gasteiger charge is 2.34. The van der Waals surface area contributed by atoms with E-state index in [4.69, 9.17) is 14.2 Å². The molecule has 0 atom stereocenters. The van der Waals surface area contributed by atoms with Crippen molar-refractivity contribution in [2.24, 2.45) is 0 Å². The molecule has 0 unspecified atom stereocenters. The van der Waals surface area contributed by atoms with Gasteiger partial charge in [0.25, 0.3) is 0 Å². The zero-order chi connectivity index (χ0) is 23.1. The van der Waals surface area contributed by atoms with E-state index in [1.165, 1.54) is 52.9 Å². The first kappa shape index (κ1) is 26.5. The van der Waals surface area contributed by atoms with Gasteiger partial charge in [0.2, 0.25) is 5.91 Å². The Bertz CT molecular complexity index is 668. The van der Waals surface area contributed by atoms with Crippen LogP contribution in [-0.4, -0.2) is 43.2 Å². The highest BCUT2D eigenvalue weighted by atomic mass is 16.5. The second-order valence-electron chi connectivity index (χ2n) is 7.96. The molecular formula is C24H37NO6. The zero-order valence-electron chi connectivity index (χ0n) is 19.3. The van der Waals surface area contributed by atoms with E-state index in [0.29, 0.717) is 13.0 Å². The van der Waals surface area contributed by atoms with E-state index in [9.17, 15) is 14.4 Å². The fraction of sp³-hybridized carbons (Fsp3) is 0.625. The normalized spacial score (nSPS) is 11.0. The molecule has 0 radical (unpaired) electrons. The number of amides is 1. The number of ether oxygens (including phenoxy) is 3. The molecule has 1 aromatic carbocycles. The summed E-state index contributed by atoms with van der Waals surface area (Å²) in [6.07, 6.45) is 7.58. The van der Waals surface area contributed by atoms with Crippen LogP contribution >= 0.6 is 0 Å². The van der Waals surface area contributed by atoms with Gasteiger partial charge in [0.05, 0.1) is 6.61 Å². The van der Waals surface area contributed by atoms with Gasteiger partial charge in [-0.05, 0) is 24.1 Å². The largest absolute Gasteiger partial charge is 0.494 e. The van der Waals surface area contributed by atoms with Crippen LogP contribution in [0, 0.1) is 0 Å². The summed E-state index contributed by atoms with van der Waals surface area (Å²) in [6, 6.07) is 7.55. The predicted octanol–water partition coefficient (Wildman–Crippen LogP) is 3.97. The minimum Gasteiger partial charge on any atom is -0.494 e. The average molecular weight is 436 g/mol. The lowest BCUT2D eigenvalue weighted by molar-refractivity contribution is -0.150. The van der Waals surface area contributed by atoms with Crippen molar-refractivity contribution in [3.63, 3.8) is 0 Å². The van der Waals surface area contributed by atoms with Crippen LogP contribution in [0.1, 0.15) is 71.8 Å². The molecule has 0 aliphatic carbocycles. The minimum absolute atomic E-state index is 0.106. The number of nitrogens with one attached hydrogen (secondary N) is 1. The van der Waals surface area contributed by atoms with Gasteiger partial charge in [0.15, 0.2) is 0 Å². The smallest absolute Gasteiger partial charge is 0.302 e. The number of esters is 2. The third kappa shape index (κ3) is 12.0. The maximum absolute atomic E-state index is 11.8. The first-order valence-corrected chi connectivity index (χ1v) is 11.0. The molecule has 1 N–H and O–H groups in total. The molecule has 0 heterocycles. The molecule has 0 spiro atoms. The number of carbonyl (C=O) groups is 3. The second-order valence-corrected chi connectivity index (χ2v) is 7.96. The average Bonchev–Trinajstić information content (AvgIpc) is 2.71. The lowest BCUT2D eigenvalue weighted by Gasteiger charge is -2.33. The van der Waals surface area contributed by atoms with Crippen LogP contribution in [0.2, 0.25) is 0 Å². The van der Waals surface area contributed by atoms with Crippen molar-refractivity contribution in [2.45, 2.75) is 78.2 Å². The van der Waals surface area contributed by atoms with Crippen LogP contribution in [0.15, 0.2) is 24.3 Å². The molecule has 0 aromatic heterocycles. The molecule has 7 nitrogen and oxygen atoms in total. The fourth-order valence-electron chi connectivity index (χ4n) is 3.28. The maximum atomic E-state index is 11.8. The number of carbonyl (C=O) groups excluding carboxylic acids is 3. The third-order valence-electron chi connectivity index (χ3n) is 4.78. The van der Waals surface area contributed by atoms with E-state index in [2.05, 4.69) is 12.2 Å². The first-order valence-electron chi connectivity index (χ1n) is 11.0. The van der Waals surface area contributed by atoms with E-state index in [-0.39, 0.29) is 19.1 Å². The highest BCUT2D eigenvalue weighted by molar-refractivity contribution is 5.74. The van der Waals surface area contributed by atoms with E-state index in [0.717, 1.165) is 17.7 Å². The SMILES string of the molecule is CCCCCCCCOc1ccc(CC(COC(C)=O)(COC(C)=O)NC(C)=O)cc1. The van der Waals surface area contributed by atoms with Crippen LogP contribution in [0.5, 0.6) is 5.75 Å². The lowest BCUT2D eigenvalue weighted by atomic mass is 9.92. The van der Waals surface area contributed by atoms with Crippen molar-refractivity contribution in [2.75, 3.05) is 19.8 Å². The monoisotopic (exact) mass is 435 g/mol. The van der Waals surface area contributed by atoms with Crippen LogP contribution in [0.3, 0.4) is 0 Å². The Balaban J connectivity index is 2.73. The van der Waals surface area contributed by atoms with Crippen molar-refractivity contribution in [1.82, 2.24) is 5.32 Å². The zero-order valence-corrected chi connectivity index (χ0v) is 19.3. The van der Waals surface area contributed by atoms with Crippen molar-refractivity contribution < 1.29 is 28.6 Å². The van der Waals surface area contributed by atoms with Crippen molar-refractivity contribution in [3.05, 3.63) is 29.8 Å². The topological polar surface area (TPSA) is 90.9 Å². The summed E-state index contributed by atoms with van der Waals surface area (Å²) in [5.74, 6) is -0.479. The summed E-state index contributed by atoms with van der Waals surface area (Å²) >= 11 is 0. The summed E-state index contributed by atoms with van der Waals surface area (Å²) in [6.45, 7) is 6.63. The van der Waals surface area contributed by atoms with Gasteiger partial charge in [0.1, 0.15) is 24.5 Å². The van der Waals surface area contributed by atoms with Gasteiger partial charge in [0, 0.05) is 27.2 Å². The van der Waals surface area contributed by atoms with E-state index in [1.54, 1.807) is 0 Å². The summed E-state index contributed by atoms with van der Waals surface area (Å²) in [5.41, 5.74) is -0.163. The van der Waals surface area contributed by atoms with Crippen LogP contribution < -0.4 is 10.1 Å². The van der Waals surface area contributed by atoms with Gasteiger partial charge in [-0.3, -0.25) is 14.4 Å². The molecule has 0 saturated heterocycles. The highest BCUT2D eigenvalue weighted by Crippen LogP contribution is 2.20. The minimum atomic E-state index is -1.05. The molecule has 1 rings (SSSR count). The van der Waals surface area contributed by atoms with Gasteiger partial charge in [-0.15, -0.1) is 0 Å². The van der Waals surface area contributed by atoms with E-state index in [1.807, 2.05) is 24.3 Å². The fourth-order valence-corrected chi connectivity index (χ4v) is 3.28. The molecule has 0 bridgehead atoms. The van der Waals surface area contributed by atoms with Crippen LogP contribution in [0.25, 0.3) is 0 Å².